The number of allylic oxidation sites excluding steroid dienone is 3. The van der Waals surface area contributed by atoms with Crippen LogP contribution in [-0.4, -0.2) is 5.71 Å². The number of nitrogens with zero attached hydrogens (tertiary/aromatic N) is 1. The van der Waals surface area contributed by atoms with Crippen LogP contribution in [0.4, 0.5) is 0 Å². The second-order valence-electron chi connectivity index (χ2n) is 6.24. The van der Waals surface area contributed by atoms with Crippen LogP contribution in [0.2, 0.25) is 0 Å². The molecular formula is C21H16N2O. The molecule has 2 atom stereocenters. The lowest BCUT2D eigenvalue weighted by molar-refractivity contribution is 0.324. The Bertz CT molecular complexity index is 929. The van der Waals surface area contributed by atoms with Crippen LogP contribution < -0.4 is 4.74 Å². The van der Waals surface area contributed by atoms with Crippen molar-refractivity contribution in [3.8, 4) is 11.8 Å². The molecule has 0 saturated heterocycles. The summed E-state index contributed by atoms with van der Waals surface area (Å²) < 4.78 is 6.10. The van der Waals surface area contributed by atoms with Crippen molar-refractivity contribution in [2.75, 3.05) is 0 Å². The molecule has 1 aliphatic heterocycles. The Hall–Kier alpha value is -3.12. The van der Waals surface area contributed by atoms with Crippen molar-refractivity contribution in [1.82, 2.24) is 0 Å². The first-order chi connectivity index (χ1) is 11.7. The van der Waals surface area contributed by atoms with Crippen LogP contribution in [0.15, 0.2) is 66.5 Å². The van der Waals surface area contributed by atoms with Gasteiger partial charge in [-0.05, 0) is 42.3 Å². The largest absolute Gasteiger partial charge is 0.461 e. The number of fused-ring (bicyclic) bond motifs is 2. The van der Waals surface area contributed by atoms with E-state index in [2.05, 4.69) is 18.2 Å². The molecule has 24 heavy (non-hydrogen) atoms. The highest BCUT2D eigenvalue weighted by atomic mass is 16.5. The van der Waals surface area contributed by atoms with E-state index in [-0.39, 0.29) is 11.8 Å². The minimum absolute atomic E-state index is 0.0715. The van der Waals surface area contributed by atoms with Crippen LogP contribution in [0, 0.1) is 29.6 Å². The monoisotopic (exact) mass is 312 g/mol. The van der Waals surface area contributed by atoms with Crippen molar-refractivity contribution >= 4 is 5.71 Å². The molecule has 2 aliphatic rings. The molecule has 1 heterocycles. The molecule has 0 amide bonds. The van der Waals surface area contributed by atoms with Gasteiger partial charge in [0, 0.05) is 23.5 Å². The van der Waals surface area contributed by atoms with Crippen molar-refractivity contribution in [2.45, 2.75) is 12.8 Å². The zero-order valence-electron chi connectivity index (χ0n) is 13.3. The molecular weight excluding hydrogens is 296 g/mol. The predicted molar refractivity (Wildman–Crippen MR) is 93.2 cm³/mol. The summed E-state index contributed by atoms with van der Waals surface area (Å²) in [6.07, 6.45) is 5.67. The zero-order chi connectivity index (χ0) is 16.7. The van der Waals surface area contributed by atoms with Gasteiger partial charge in [0.15, 0.2) is 0 Å². The van der Waals surface area contributed by atoms with E-state index in [1.807, 2.05) is 49.4 Å². The summed E-state index contributed by atoms with van der Waals surface area (Å²) in [4.78, 5) is 0. The fourth-order valence-corrected chi connectivity index (χ4v) is 3.43. The van der Waals surface area contributed by atoms with Gasteiger partial charge in [0.25, 0.3) is 0 Å². The SMILES string of the molecule is Cc1ccc2c(c1)OC1=CC(=N)C=CC1C2c1ccc(C#N)cc1. The highest BCUT2D eigenvalue weighted by Crippen LogP contribution is 2.47. The van der Waals surface area contributed by atoms with E-state index in [0.717, 1.165) is 28.2 Å². The van der Waals surface area contributed by atoms with Crippen LogP contribution in [0.5, 0.6) is 5.75 Å². The second-order valence-corrected chi connectivity index (χ2v) is 6.24. The number of ether oxygens (including phenoxy) is 1. The average Bonchev–Trinajstić information content (AvgIpc) is 2.59. The van der Waals surface area contributed by atoms with Crippen molar-refractivity contribution in [3.05, 3.63) is 88.7 Å². The number of hydrogen-bond donors (Lipinski definition) is 1. The summed E-state index contributed by atoms with van der Waals surface area (Å²) in [5.41, 5.74) is 4.55. The smallest absolute Gasteiger partial charge is 0.131 e. The van der Waals surface area contributed by atoms with Gasteiger partial charge in [0.1, 0.15) is 11.5 Å². The topological polar surface area (TPSA) is 56.9 Å². The Morgan fingerprint density at radius 2 is 1.92 bits per heavy atom. The number of aryl methyl sites for hydroxylation is 1. The summed E-state index contributed by atoms with van der Waals surface area (Å²) in [7, 11) is 0. The molecule has 1 N–H and O–H groups in total. The third-order valence-electron chi connectivity index (χ3n) is 4.60. The molecule has 0 fully saturated rings. The van der Waals surface area contributed by atoms with Crippen molar-refractivity contribution < 1.29 is 4.74 Å². The van der Waals surface area contributed by atoms with Crippen LogP contribution >= 0.6 is 0 Å². The van der Waals surface area contributed by atoms with E-state index in [4.69, 9.17) is 15.4 Å². The van der Waals surface area contributed by atoms with Gasteiger partial charge < -0.3 is 10.1 Å². The maximum atomic E-state index is 9.03. The van der Waals surface area contributed by atoms with Gasteiger partial charge in [-0.15, -0.1) is 0 Å². The maximum Gasteiger partial charge on any atom is 0.131 e. The molecule has 0 saturated carbocycles. The summed E-state index contributed by atoms with van der Waals surface area (Å²) in [6, 6.07) is 16.2. The second kappa shape index (κ2) is 5.50. The lowest BCUT2D eigenvalue weighted by Crippen LogP contribution is -2.26. The van der Waals surface area contributed by atoms with Gasteiger partial charge in [-0.3, -0.25) is 0 Å². The summed E-state index contributed by atoms with van der Waals surface area (Å²) in [6.45, 7) is 2.05. The van der Waals surface area contributed by atoms with E-state index in [0.29, 0.717) is 11.3 Å². The lowest BCUT2D eigenvalue weighted by Gasteiger charge is -2.35. The van der Waals surface area contributed by atoms with Crippen LogP contribution in [0.25, 0.3) is 0 Å². The van der Waals surface area contributed by atoms with Gasteiger partial charge in [-0.2, -0.15) is 5.26 Å². The number of nitriles is 1. The maximum absolute atomic E-state index is 9.03. The Balaban J connectivity index is 1.89. The standard InChI is InChI=1S/C21H16N2O/c1-13-2-8-17-19(10-13)24-20-11-16(23)7-9-18(20)21(17)15-5-3-14(12-22)4-6-15/h2-11,18,21,23H,1H3. The third-order valence-corrected chi connectivity index (χ3v) is 4.60. The first kappa shape index (κ1) is 14.5. The van der Waals surface area contributed by atoms with Gasteiger partial charge in [-0.25, -0.2) is 0 Å². The number of nitrogens with one attached hydrogen (secondary N) is 1. The van der Waals surface area contributed by atoms with Crippen LogP contribution in [0.3, 0.4) is 0 Å². The van der Waals surface area contributed by atoms with E-state index in [9.17, 15) is 0 Å². The Labute approximate surface area is 141 Å². The number of benzene rings is 2. The highest BCUT2D eigenvalue weighted by molar-refractivity contribution is 6.03. The summed E-state index contributed by atoms with van der Waals surface area (Å²) in [5, 5.41) is 16.9. The minimum Gasteiger partial charge on any atom is -0.461 e. The van der Waals surface area contributed by atoms with Crippen molar-refractivity contribution in [3.63, 3.8) is 0 Å². The Morgan fingerprint density at radius 3 is 2.67 bits per heavy atom. The van der Waals surface area contributed by atoms with Crippen molar-refractivity contribution in [2.24, 2.45) is 5.92 Å². The fraction of sp³-hybridized carbons (Fsp3) is 0.143. The summed E-state index contributed by atoms with van der Waals surface area (Å²) in [5.74, 6) is 1.87. The molecule has 0 aromatic heterocycles. The first-order valence-electron chi connectivity index (χ1n) is 7.92. The van der Waals surface area contributed by atoms with Gasteiger partial charge >= 0.3 is 0 Å². The normalized spacial score (nSPS) is 21.2. The first-order valence-corrected chi connectivity index (χ1v) is 7.92. The Morgan fingerprint density at radius 1 is 1.12 bits per heavy atom. The zero-order valence-corrected chi connectivity index (χ0v) is 13.3. The molecule has 2 unspecified atom stereocenters. The molecule has 0 bridgehead atoms. The average molecular weight is 312 g/mol. The van der Waals surface area contributed by atoms with Gasteiger partial charge in [-0.1, -0.05) is 30.3 Å². The van der Waals surface area contributed by atoms with E-state index < -0.39 is 0 Å². The molecule has 2 aromatic carbocycles. The number of rotatable bonds is 1. The molecule has 4 rings (SSSR count). The molecule has 2 aromatic rings. The molecule has 1 aliphatic carbocycles. The minimum atomic E-state index is 0.0715. The van der Waals surface area contributed by atoms with Crippen LogP contribution in [0.1, 0.15) is 28.2 Å². The van der Waals surface area contributed by atoms with Gasteiger partial charge in [0.05, 0.1) is 17.3 Å². The molecule has 116 valence electrons. The van der Waals surface area contributed by atoms with Gasteiger partial charge in [0.2, 0.25) is 0 Å². The molecule has 3 heteroatoms. The molecule has 0 radical (unpaired) electrons. The fourth-order valence-electron chi connectivity index (χ4n) is 3.43. The quantitative estimate of drug-likeness (QED) is 0.844. The van der Waals surface area contributed by atoms with Crippen LogP contribution in [-0.2, 0) is 0 Å². The van der Waals surface area contributed by atoms with E-state index in [1.54, 1.807) is 6.08 Å². The van der Waals surface area contributed by atoms with Crippen molar-refractivity contribution in [1.29, 1.82) is 10.7 Å². The predicted octanol–water partition coefficient (Wildman–Crippen LogP) is 4.48. The van der Waals surface area contributed by atoms with E-state index >= 15 is 0 Å². The molecule has 0 spiro atoms. The molecule has 3 nitrogen and oxygen atoms in total. The number of hydrogen-bond acceptors (Lipinski definition) is 3. The Kier molecular flexibility index (Phi) is 3.32. The highest BCUT2D eigenvalue weighted by Gasteiger charge is 2.35. The summed E-state index contributed by atoms with van der Waals surface area (Å²) >= 11 is 0. The lowest BCUT2D eigenvalue weighted by atomic mass is 9.75. The van der Waals surface area contributed by atoms with E-state index in [1.165, 1.54) is 0 Å². The third kappa shape index (κ3) is 2.33.